The second-order valence-corrected chi connectivity index (χ2v) is 8.65. The first kappa shape index (κ1) is 21.8. The molecule has 2 heterocycles. The number of piperidine rings is 1. The van der Waals surface area contributed by atoms with Gasteiger partial charge in [0.15, 0.2) is 0 Å². The average molecular weight is 379 g/mol. The lowest BCUT2D eigenvalue weighted by Gasteiger charge is -2.33. The molecule has 1 saturated heterocycles. The van der Waals surface area contributed by atoms with Gasteiger partial charge in [0.1, 0.15) is 5.60 Å². The van der Waals surface area contributed by atoms with Crippen molar-refractivity contribution in [2.75, 3.05) is 13.1 Å². The van der Waals surface area contributed by atoms with Crippen LogP contribution in [0.2, 0.25) is 0 Å². The summed E-state index contributed by atoms with van der Waals surface area (Å²) in [5, 5.41) is 4.53. The lowest BCUT2D eigenvalue weighted by Crippen LogP contribution is -2.42. The first-order valence-electron chi connectivity index (χ1n) is 9.88. The molecule has 1 aromatic heterocycles. The largest absolute Gasteiger partial charge is 0.497 e. The number of aromatic nitrogens is 2. The summed E-state index contributed by atoms with van der Waals surface area (Å²) < 4.78 is 19.2. The molecular weight excluding hydrogens is 345 g/mol. The standard InChI is InChI=1S/C19H34BN3O4/c1-14(2)26-20(27-15(3)4)16-12-21-23(13-16)17-8-10-22(11-9-17)18(24)25-19(5,6)7/h12-15,17H,8-11H2,1-7H3. The zero-order valence-corrected chi connectivity index (χ0v) is 17.8. The summed E-state index contributed by atoms with van der Waals surface area (Å²) in [6.45, 7) is 15.0. The van der Waals surface area contributed by atoms with Crippen LogP contribution in [0.1, 0.15) is 67.3 Å². The van der Waals surface area contributed by atoms with Crippen LogP contribution in [0.3, 0.4) is 0 Å². The van der Waals surface area contributed by atoms with Crippen LogP contribution in [0, 0.1) is 0 Å². The van der Waals surface area contributed by atoms with Gasteiger partial charge in [-0.2, -0.15) is 5.10 Å². The summed E-state index contributed by atoms with van der Waals surface area (Å²) >= 11 is 0. The minimum Gasteiger partial charge on any atom is -0.444 e. The normalized spacial score (nSPS) is 16.3. The lowest BCUT2D eigenvalue weighted by molar-refractivity contribution is 0.0185. The second kappa shape index (κ2) is 9.10. The Bertz CT molecular complexity index is 594. The molecule has 0 aromatic carbocycles. The maximum atomic E-state index is 12.2. The number of likely N-dealkylation sites (tertiary alicyclic amines) is 1. The van der Waals surface area contributed by atoms with Crippen LogP contribution in [0.15, 0.2) is 12.4 Å². The first-order valence-corrected chi connectivity index (χ1v) is 9.88. The molecule has 0 radical (unpaired) electrons. The van der Waals surface area contributed by atoms with Gasteiger partial charge in [-0.1, -0.05) is 0 Å². The van der Waals surface area contributed by atoms with Gasteiger partial charge in [-0.3, -0.25) is 4.68 Å². The van der Waals surface area contributed by atoms with Gasteiger partial charge in [0.05, 0.1) is 6.04 Å². The minimum absolute atomic E-state index is 0.0640. The Morgan fingerprint density at radius 3 is 2.19 bits per heavy atom. The maximum absolute atomic E-state index is 12.2. The van der Waals surface area contributed by atoms with Crippen LogP contribution < -0.4 is 5.46 Å². The molecule has 2 rings (SSSR count). The zero-order chi connectivity index (χ0) is 20.2. The molecule has 0 saturated carbocycles. The average Bonchev–Trinajstić information content (AvgIpc) is 3.02. The van der Waals surface area contributed by atoms with E-state index < -0.39 is 12.7 Å². The monoisotopic (exact) mass is 379 g/mol. The van der Waals surface area contributed by atoms with Crippen LogP contribution >= 0.6 is 0 Å². The third-order valence-corrected chi connectivity index (χ3v) is 4.18. The summed E-state index contributed by atoms with van der Waals surface area (Å²) in [5.41, 5.74) is 0.458. The van der Waals surface area contributed by atoms with E-state index in [4.69, 9.17) is 14.0 Å². The third-order valence-electron chi connectivity index (χ3n) is 4.18. The molecular formula is C19H34BN3O4. The number of rotatable bonds is 6. The van der Waals surface area contributed by atoms with Gasteiger partial charge in [0, 0.05) is 43.2 Å². The Balaban J connectivity index is 1.96. The molecule has 0 N–H and O–H groups in total. The number of hydrogen-bond acceptors (Lipinski definition) is 5. The van der Waals surface area contributed by atoms with Crippen LogP contribution in [0.25, 0.3) is 0 Å². The SMILES string of the molecule is CC(C)OB(OC(C)C)c1cnn(C2CCN(C(=O)OC(C)(C)C)CC2)c1. The van der Waals surface area contributed by atoms with Crippen LogP contribution in [-0.4, -0.2) is 58.8 Å². The topological polar surface area (TPSA) is 65.8 Å². The molecule has 1 fully saturated rings. The molecule has 1 amide bonds. The summed E-state index contributed by atoms with van der Waals surface area (Å²) in [6.07, 6.45) is 5.40. The van der Waals surface area contributed by atoms with Crippen molar-refractivity contribution in [3.63, 3.8) is 0 Å². The van der Waals surface area contributed by atoms with Crippen molar-refractivity contribution in [2.24, 2.45) is 0 Å². The van der Waals surface area contributed by atoms with Gasteiger partial charge in [-0.05, 0) is 61.3 Å². The molecule has 0 spiro atoms. The fourth-order valence-electron chi connectivity index (χ4n) is 3.00. The van der Waals surface area contributed by atoms with E-state index in [1.165, 1.54) is 0 Å². The van der Waals surface area contributed by atoms with Crippen LogP contribution in [0.4, 0.5) is 4.79 Å². The molecule has 7 nitrogen and oxygen atoms in total. The Hall–Kier alpha value is -1.54. The summed E-state index contributed by atoms with van der Waals surface area (Å²) in [4.78, 5) is 14.0. The highest BCUT2D eigenvalue weighted by Gasteiger charge is 2.30. The highest BCUT2D eigenvalue weighted by Crippen LogP contribution is 2.23. The van der Waals surface area contributed by atoms with E-state index in [0.717, 1.165) is 18.3 Å². The molecule has 0 bridgehead atoms. The number of carbonyl (C=O) groups excluding carboxylic acids is 1. The second-order valence-electron chi connectivity index (χ2n) is 8.65. The Morgan fingerprint density at radius 1 is 1.15 bits per heavy atom. The van der Waals surface area contributed by atoms with Gasteiger partial charge >= 0.3 is 13.2 Å². The van der Waals surface area contributed by atoms with Crippen molar-refractivity contribution in [1.82, 2.24) is 14.7 Å². The van der Waals surface area contributed by atoms with Gasteiger partial charge < -0.3 is 18.9 Å². The minimum atomic E-state index is -0.466. The van der Waals surface area contributed by atoms with Crippen molar-refractivity contribution in [3.8, 4) is 0 Å². The van der Waals surface area contributed by atoms with Crippen molar-refractivity contribution in [3.05, 3.63) is 12.4 Å². The Morgan fingerprint density at radius 2 is 1.70 bits per heavy atom. The quantitative estimate of drug-likeness (QED) is 0.711. The first-order chi connectivity index (χ1) is 12.5. The molecule has 0 aliphatic carbocycles. The van der Waals surface area contributed by atoms with E-state index in [2.05, 4.69) is 5.10 Å². The highest BCUT2D eigenvalue weighted by molar-refractivity contribution is 6.61. The molecule has 27 heavy (non-hydrogen) atoms. The number of amides is 1. The smallest absolute Gasteiger partial charge is 0.444 e. The van der Waals surface area contributed by atoms with E-state index in [1.807, 2.05) is 65.5 Å². The van der Waals surface area contributed by atoms with Gasteiger partial charge in [-0.15, -0.1) is 0 Å². The number of ether oxygens (including phenoxy) is 1. The predicted molar refractivity (Wildman–Crippen MR) is 106 cm³/mol. The molecule has 1 aliphatic heterocycles. The predicted octanol–water partition coefficient (Wildman–Crippen LogP) is 3.00. The van der Waals surface area contributed by atoms with Gasteiger partial charge in [-0.25, -0.2) is 4.79 Å². The van der Waals surface area contributed by atoms with Crippen molar-refractivity contribution >= 4 is 18.7 Å². The fraction of sp³-hybridized carbons (Fsp3) is 0.789. The summed E-state index contributed by atoms with van der Waals surface area (Å²) in [7, 11) is -0.416. The molecule has 152 valence electrons. The Kier molecular flexibility index (Phi) is 7.34. The number of hydrogen-bond donors (Lipinski definition) is 0. The lowest BCUT2D eigenvalue weighted by atomic mass is 9.80. The van der Waals surface area contributed by atoms with E-state index in [0.29, 0.717) is 13.1 Å². The van der Waals surface area contributed by atoms with E-state index in [1.54, 1.807) is 4.90 Å². The third kappa shape index (κ3) is 6.85. The molecule has 0 atom stereocenters. The van der Waals surface area contributed by atoms with Gasteiger partial charge in [0.25, 0.3) is 0 Å². The van der Waals surface area contributed by atoms with Gasteiger partial charge in [0.2, 0.25) is 0 Å². The molecule has 1 aromatic rings. The summed E-state index contributed by atoms with van der Waals surface area (Å²) in [5.74, 6) is 0. The van der Waals surface area contributed by atoms with E-state index in [9.17, 15) is 4.79 Å². The number of carbonyl (C=O) groups is 1. The van der Waals surface area contributed by atoms with E-state index >= 15 is 0 Å². The molecule has 0 unspecified atom stereocenters. The van der Waals surface area contributed by atoms with Crippen LogP contribution in [0.5, 0.6) is 0 Å². The van der Waals surface area contributed by atoms with Crippen molar-refractivity contribution in [2.45, 2.75) is 85.2 Å². The maximum Gasteiger partial charge on any atom is 0.497 e. The fourth-order valence-corrected chi connectivity index (χ4v) is 3.00. The summed E-state index contributed by atoms with van der Waals surface area (Å²) in [6, 6.07) is 0.260. The highest BCUT2D eigenvalue weighted by atomic mass is 16.6. The molecule has 1 aliphatic rings. The van der Waals surface area contributed by atoms with E-state index in [-0.39, 0.29) is 24.3 Å². The van der Waals surface area contributed by atoms with Crippen molar-refractivity contribution in [1.29, 1.82) is 0 Å². The van der Waals surface area contributed by atoms with Crippen LogP contribution in [-0.2, 0) is 14.0 Å². The molecule has 8 heteroatoms. The number of nitrogens with zero attached hydrogens (tertiary/aromatic N) is 3. The van der Waals surface area contributed by atoms with Crippen molar-refractivity contribution < 1.29 is 18.8 Å². The zero-order valence-electron chi connectivity index (χ0n) is 17.8. The Labute approximate surface area is 163 Å².